The molecular formula is C12H16N2O6S2. The topological polar surface area (TPSA) is 103 Å². The fraction of sp³-hybridized carbons (Fsp3) is 0.500. The van der Waals surface area contributed by atoms with Crippen LogP contribution in [0, 0.1) is 0 Å². The van der Waals surface area contributed by atoms with E-state index in [1.165, 1.54) is 25.6 Å². The number of ether oxygens (including phenoxy) is 3. The largest absolute Gasteiger partial charge is 0.466 e. The Morgan fingerprint density at radius 3 is 2.68 bits per heavy atom. The molecule has 0 spiro atoms. The van der Waals surface area contributed by atoms with Crippen LogP contribution in [0.3, 0.4) is 0 Å². The fourth-order valence-corrected chi connectivity index (χ4v) is 4.64. The van der Waals surface area contributed by atoms with E-state index in [1.54, 1.807) is 12.3 Å². The number of carbonyl (C=O) groups excluding carboxylic acids is 1. The van der Waals surface area contributed by atoms with Gasteiger partial charge in [-0.3, -0.25) is 4.79 Å². The highest BCUT2D eigenvalue weighted by molar-refractivity contribution is 7.90. The molecule has 0 atom stereocenters. The standard InChI is InChI=1S/C12H16N2O6S2/c1-4-20-9(15)5-8-13-11-10(22(16,17)14-8)7(6-21-11)12(18-2)19-3/h6,12H,4-5H2,1-3H3,(H,13,14). The summed E-state index contributed by atoms with van der Waals surface area (Å²) in [4.78, 5) is 11.5. The van der Waals surface area contributed by atoms with Gasteiger partial charge in [0.25, 0.3) is 10.0 Å². The lowest BCUT2D eigenvalue weighted by atomic mass is 10.3. The Morgan fingerprint density at radius 2 is 2.09 bits per heavy atom. The summed E-state index contributed by atoms with van der Waals surface area (Å²) in [7, 11) is -1.11. The van der Waals surface area contributed by atoms with E-state index in [0.717, 1.165) is 0 Å². The fourth-order valence-electron chi connectivity index (χ4n) is 2.00. The van der Waals surface area contributed by atoms with Crippen LogP contribution < -0.4 is 5.32 Å². The van der Waals surface area contributed by atoms with E-state index in [-0.39, 0.29) is 23.8 Å². The highest BCUT2D eigenvalue weighted by atomic mass is 32.2. The van der Waals surface area contributed by atoms with Crippen molar-refractivity contribution in [1.29, 1.82) is 0 Å². The maximum absolute atomic E-state index is 12.4. The van der Waals surface area contributed by atoms with Gasteiger partial charge in [-0.1, -0.05) is 0 Å². The smallest absolute Gasteiger partial charge is 0.313 e. The van der Waals surface area contributed by atoms with Crippen molar-refractivity contribution in [2.45, 2.75) is 24.5 Å². The number of anilines is 1. The van der Waals surface area contributed by atoms with Crippen molar-refractivity contribution in [3.63, 3.8) is 0 Å². The van der Waals surface area contributed by atoms with Crippen LogP contribution in [0.5, 0.6) is 0 Å². The van der Waals surface area contributed by atoms with Crippen molar-refractivity contribution >= 4 is 38.2 Å². The minimum Gasteiger partial charge on any atom is -0.466 e. The molecule has 8 nitrogen and oxygen atoms in total. The number of fused-ring (bicyclic) bond motifs is 1. The molecule has 0 aliphatic carbocycles. The monoisotopic (exact) mass is 348 g/mol. The van der Waals surface area contributed by atoms with Gasteiger partial charge in [0.1, 0.15) is 22.2 Å². The normalized spacial score (nSPS) is 15.9. The third kappa shape index (κ3) is 3.29. The van der Waals surface area contributed by atoms with Crippen LogP contribution in [-0.2, 0) is 29.0 Å². The number of hydrogen-bond acceptors (Lipinski definition) is 8. The molecule has 1 aliphatic rings. The molecule has 2 rings (SSSR count). The minimum absolute atomic E-state index is 0.0128. The molecule has 0 amide bonds. The first-order valence-corrected chi connectivity index (χ1v) is 8.68. The lowest BCUT2D eigenvalue weighted by Gasteiger charge is -2.18. The van der Waals surface area contributed by atoms with E-state index < -0.39 is 22.3 Å². The zero-order chi connectivity index (χ0) is 16.3. The van der Waals surface area contributed by atoms with Crippen LogP contribution in [0.25, 0.3) is 0 Å². The van der Waals surface area contributed by atoms with E-state index >= 15 is 0 Å². The summed E-state index contributed by atoms with van der Waals surface area (Å²) < 4.78 is 43.3. The average molecular weight is 348 g/mol. The van der Waals surface area contributed by atoms with Crippen molar-refractivity contribution < 1.29 is 27.4 Å². The third-order valence-corrected chi connectivity index (χ3v) is 5.28. The van der Waals surface area contributed by atoms with Gasteiger partial charge in [0.2, 0.25) is 0 Å². The quantitative estimate of drug-likeness (QED) is 0.614. The number of rotatable bonds is 6. The van der Waals surface area contributed by atoms with Crippen LogP contribution in [0.1, 0.15) is 25.2 Å². The highest BCUT2D eigenvalue weighted by Gasteiger charge is 2.33. The van der Waals surface area contributed by atoms with E-state index in [9.17, 15) is 13.2 Å². The van der Waals surface area contributed by atoms with Crippen LogP contribution >= 0.6 is 11.3 Å². The Labute approximate surface area is 132 Å². The number of nitrogens with one attached hydrogen (secondary N) is 1. The summed E-state index contributed by atoms with van der Waals surface area (Å²) in [5.74, 6) is -0.512. The third-order valence-electron chi connectivity index (χ3n) is 2.82. The zero-order valence-corrected chi connectivity index (χ0v) is 13.9. The second kappa shape index (κ2) is 6.73. The molecule has 2 heterocycles. The average Bonchev–Trinajstić information content (AvgIpc) is 2.84. The summed E-state index contributed by atoms with van der Waals surface area (Å²) >= 11 is 1.17. The van der Waals surface area contributed by atoms with Gasteiger partial charge in [-0.25, -0.2) is 0 Å². The SMILES string of the molecule is CCOC(=O)CC1=NS(=O)(=O)c2c(C(OC)OC)csc2N1. The Kier molecular flexibility index (Phi) is 5.16. The molecule has 22 heavy (non-hydrogen) atoms. The number of sulfonamides is 1. The molecule has 122 valence electrons. The predicted molar refractivity (Wildman–Crippen MR) is 80.6 cm³/mol. The maximum atomic E-state index is 12.4. The number of carbonyl (C=O) groups is 1. The van der Waals surface area contributed by atoms with E-state index in [2.05, 4.69) is 9.71 Å². The lowest BCUT2D eigenvalue weighted by molar-refractivity contribution is -0.141. The van der Waals surface area contributed by atoms with Crippen LogP contribution in [-0.4, -0.2) is 41.0 Å². The van der Waals surface area contributed by atoms with Crippen LogP contribution in [0.15, 0.2) is 14.7 Å². The molecule has 10 heteroatoms. The lowest BCUT2D eigenvalue weighted by Crippen LogP contribution is -2.24. The van der Waals surface area contributed by atoms with Crippen molar-refractivity contribution in [2.24, 2.45) is 4.40 Å². The van der Waals surface area contributed by atoms with Gasteiger partial charge < -0.3 is 19.5 Å². The summed E-state index contributed by atoms with van der Waals surface area (Å²) in [6.07, 6.45) is -1.05. The molecule has 0 saturated carbocycles. The first-order valence-electron chi connectivity index (χ1n) is 6.36. The molecular weight excluding hydrogens is 332 g/mol. The van der Waals surface area contributed by atoms with Crippen LogP contribution in [0.4, 0.5) is 5.00 Å². The van der Waals surface area contributed by atoms with Gasteiger partial charge >= 0.3 is 5.97 Å². The van der Waals surface area contributed by atoms with E-state index in [1.807, 2.05) is 0 Å². The molecule has 1 aromatic rings. The Morgan fingerprint density at radius 1 is 1.41 bits per heavy atom. The van der Waals surface area contributed by atoms with Crippen LogP contribution in [0.2, 0.25) is 0 Å². The molecule has 1 aliphatic heterocycles. The van der Waals surface area contributed by atoms with Crippen molar-refractivity contribution in [2.75, 3.05) is 26.1 Å². The Balaban J connectivity index is 2.34. The number of thiophene rings is 1. The Bertz CT molecular complexity index is 690. The highest BCUT2D eigenvalue weighted by Crippen LogP contribution is 2.40. The van der Waals surface area contributed by atoms with Crippen molar-refractivity contribution in [1.82, 2.24) is 0 Å². The molecule has 0 unspecified atom stereocenters. The summed E-state index contributed by atoms with van der Waals surface area (Å²) in [5.41, 5.74) is 0.372. The summed E-state index contributed by atoms with van der Waals surface area (Å²) in [6, 6.07) is 0. The van der Waals surface area contributed by atoms with Gasteiger partial charge in [-0.05, 0) is 6.92 Å². The second-order valence-electron chi connectivity index (χ2n) is 4.27. The number of methoxy groups -OCH3 is 2. The number of nitrogens with zero attached hydrogens (tertiary/aromatic N) is 1. The minimum atomic E-state index is -3.94. The first kappa shape index (κ1) is 16.9. The summed E-state index contributed by atoms with van der Waals surface area (Å²) in [5, 5.41) is 4.84. The first-order chi connectivity index (χ1) is 10.4. The Hall–Kier alpha value is -1.49. The number of esters is 1. The van der Waals surface area contributed by atoms with E-state index in [0.29, 0.717) is 10.6 Å². The molecule has 1 N–H and O–H groups in total. The molecule has 0 radical (unpaired) electrons. The van der Waals surface area contributed by atoms with Gasteiger partial charge in [0, 0.05) is 25.2 Å². The van der Waals surface area contributed by atoms with Gasteiger partial charge in [0.15, 0.2) is 6.29 Å². The molecule has 0 aromatic carbocycles. The van der Waals surface area contributed by atoms with Crippen molar-refractivity contribution in [3.05, 3.63) is 10.9 Å². The number of hydrogen-bond donors (Lipinski definition) is 1. The second-order valence-corrected chi connectivity index (χ2v) is 6.69. The maximum Gasteiger partial charge on any atom is 0.313 e. The molecule has 0 bridgehead atoms. The molecule has 0 fully saturated rings. The van der Waals surface area contributed by atoms with Crippen molar-refractivity contribution in [3.8, 4) is 0 Å². The predicted octanol–water partition coefficient (Wildman–Crippen LogP) is 1.51. The van der Waals surface area contributed by atoms with Gasteiger partial charge in [0.05, 0.1) is 6.61 Å². The molecule has 1 aromatic heterocycles. The van der Waals surface area contributed by atoms with Gasteiger partial charge in [-0.15, -0.1) is 15.7 Å². The summed E-state index contributed by atoms with van der Waals surface area (Å²) in [6.45, 7) is 1.89. The van der Waals surface area contributed by atoms with Gasteiger partial charge in [-0.2, -0.15) is 8.42 Å². The number of amidine groups is 1. The zero-order valence-electron chi connectivity index (χ0n) is 12.3. The van der Waals surface area contributed by atoms with E-state index in [4.69, 9.17) is 14.2 Å². The molecule has 0 saturated heterocycles.